The van der Waals surface area contributed by atoms with Gasteiger partial charge in [0.05, 0.1) is 24.6 Å². The van der Waals surface area contributed by atoms with Crippen LogP contribution in [0.15, 0.2) is 35.6 Å². The van der Waals surface area contributed by atoms with E-state index in [2.05, 4.69) is 15.3 Å². The van der Waals surface area contributed by atoms with Gasteiger partial charge in [-0.25, -0.2) is 4.98 Å². The molecule has 0 aliphatic heterocycles. The summed E-state index contributed by atoms with van der Waals surface area (Å²) in [5.41, 5.74) is 3.00. The van der Waals surface area contributed by atoms with E-state index in [1.165, 1.54) is 0 Å². The third-order valence-corrected chi connectivity index (χ3v) is 4.07. The van der Waals surface area contributed by atoms with E-state index in [-0.39, 0.29) is 23.6 Å². The first kappa shape index (κ1) is 15.9. The molecule has 0 aliphatic rings. The minimum absolute atomic E-state index is 0.193. The van der Waals surface area contributed by atoms with E-state index >= 15 is 0 Å². The Bertz CT molecular complexity index is 971. The molecule has 7 heteroatoms. The average molecular weight is 325 g/mol. The molecule has 3 aromatic rings. The number of imidazole rings is 1. The summed E-state index contributed by atoms with van der Waals surface area (Å²) in [6.07, 6.45) is 6.77. The maximum Gasteiger partial charge on any atom is 0.263 e. The lowest BCUT2D eigenvalue weighted by atomic mass is 10.1. The number of carbonyl (C=O) groups excluding carboxylic acids is 1. The smallest absolute Gasteiger partial charge is 0.263 e. The first-order valence-corrected chi connectivity index (χ1v) is 7.78. The van der Waals surface area contributed by atoms with Crippen LogP contribution in [0.2, 0.25) is 0 Å². The third-order valence-electron chi connectivity index (χ3n) is 4.07. The summed E-state index contributed by atoms with van der Waals surface area (Å²) < 4.78 is 3.45. The van der Waals surface area contributed by atoms with Gasteiger partial charge in [0.25, 0.3) is 11.5 Å². The van der Waals surface area contributed by atoms with Gasteiger partial charge in [-0.3, -0.25) is 19.0 Å². The molecule has 0 bridgehead atoms. The minimum Gasteiger partial charge on any atom is -0.346 e. The van der Waals surface area contributed by atoms with Crippen molar-refractivity contribution in [3.05, 3.63) is 63.7 Å². The van der Waals surface area contributed by atoms with Gasteiger partial charge in [-0.15, -0.1) is 0 Å². The number of hydrogen-bond acceptors (Lipinski definition) is 4. The molecular formula is C17H19N5O2. The SMILES string of the molecule is CCn1c(C)cc(C)c(C(=O)NCc2cnc3cnccn23)c1=O. The Balaban J connectivity index is 1.87. The zero-order valence-corrected chi connectivity index (χ0v) is 13.9. The molecule has 0 aliphatic carbocycles. The molecule has 0 atom stereocenters. The summed E-state index contributed by atoms with van der Waals surface area (Å²) in [4.78, 5) is 33.3. The van der Waals surface area contributed by atoms with Gasteiger partial charge in [0.15, 0.2) is 5.65 Å². The average Bonchev–Trinajstić information content (AvgIpc) is 2.96. The van der Waals surface area contributed by atoms with Crippen LogP contribution in [0.1, 0.15) is 34.2 Å². The van der Waals surface area contributed by atoms with E-state index in [9.17, 15) is 9.59 Å². The maximum absolute atomic E-state index is 12.5. The van der Waals surface area contributed by atoms with Crippen molar-refractivity contribution in [2.75, 3.05) is 0 Å². The van der Waals surface area contributed by atoms with Crippen molar-refractivity contribution in [1.82, 2.24) is 24.3 Å². The van der Waals surface area contributed by atoms with Crippen molar-refractivity contribution in [2.45, 2.75) is 33.9 Å². The fourth-order valence-electron chi connectivity index (χ4n) is 2.88. The maximum atomic E-state index is 12.5. The number of amides is 1. The van der Waals surface area contributed by atoms with Gasteiger partial charge in [0.1, 0.15) is 5.56 Å². The topological polar surface area (TPSA) is 81.3 Å². The molecule has 0 saturated carbocycles. The van der Waals surface area contributed by atoms with Crippen molar-refractivity contribution in [3.63, 3.8) is 0 Å². The normalized spacial score (nSPS) is 11.0. The molecule has 1 amide bonds. The zero-order chi connectivity index (χ0) is 17.3. The van der Waals surface area contributed by atoms with Crippen LogP contribution >= 0.6 is 0 Å². The molecule has 1 N–H and O–H groups in total. The van der Waals surface area contributed by atoms with E-state index in [4.69, 9.17) is 0 Å². The van der Waals surface area contributed by atoms with Crippen molar-refractivity contribution < 1.29 is 4.79 Å². The van der Waals surface area contributed by atoms with Gasteiger partial charge >= 0.3 is 0 Å². The molecule has 124 valence electrons. The monoisotopic (exact) mass is 325 g/mol. The lowest BCUT2D eigenvalue weighted by Gasteiger charge is -2.13. The second kappa shape index (κ2) is 6.27. The van der Waals surface area contributed by atoms with Gasteiger partial charge in [-0.2, -0.15) is 0 Å². The van der Waals surface area contributed by atoms with Crippen LogP contribution in [-0.4, -0.2) is 24.8 Å². The molecule has 24 heavy (non-hydrogen) atoms. The molecule has 3 rings (SSSR count). The summed E-state index contributed by atoms with van der Waals surface area (Å²) in [5.74, 6) is -0.372. The number of carbonyl (C=O) groups is 1. The Morgan fingerprint density at radius 3 is 2.83 bits per heavy atom. The molecule has 0 saturated heterocycles. The first-order chi connectivity index (χ1) is 11.5. The minimum atomic E-state index is -0.372. The Morgan fingerprint density at radius 1 is 1.29 bits per heavy atom. The second-order valence-electron chi connectivity index (χ2n) is 5.63. The highest BCUT2D eigenvalue weighted by Crippen LogP contribution is 2.08. The van der Waals surface area contributed by atoms with Gasteiger partial charge < -0.3 is 9.88 Å². The van der Waals surface area contributed by atoms with Gasteiger partial charge in [-0.1, -0.05) is 0 Å². The van der Waals surface area contributed by atoms with Crippen LogP contribution in [0.4, 0.5) is 0 Å². The number of pyridine rings is 1. The number of rotatable bonds is 4. The second-order valence-corrected chi connectivity index (χ2v) is 5.63. The number of fused-ring (bicyclic) bond motifs is 1. The molecule has 0 radical (unpaired) electrons. The van der Waals surface area contributed by atoms with Crippen LogP contribution < -0.4 is 10.9 Å². The zero-order valence-electron chi connectivity index (χ0n) is 13.9. The van der Waals surface area contributed by atoms with E-state index in [1.807, 2.05) is 24.3 Å². The molecular weight excluding hydrogens is 306 g/mol. The summed E-state index contributed by atoms with van der Waals surface area (Å²) in [5, 5.41) is 2.81. The third kappa shape index (κ3) is 2.68. The standard InChI is InChI=1S/C17H19N5O2/c1-4-21-12(3)7-11(2)15(17(21)24)16(23)20-9-13-8-19-14-10-18-5-6-22(13)14/h5-8,10H,4,9H2,1-3H3,(H,20,23). The highest BCUT2D eigenvalue weighted by molar-refractivity contribution is 5.95. The van der Waals surface area contributed by atoms with Crippen molar-refractivity contribution >= 4 is 11.6 Å². The van der Waals surface area contributed by atoms with E-state index in [1.54, 1.807) is 36.3 Å². The highest BCUT2D eigenvalue weighted by atomic mass is 16.2. The number of nitrogens with zero attached hydrogens (tertiary/aromatic N) is 4. The van der Waals surface area contributed by atoms with E-state index < -0.39 is 0 Å². The predicted octanol–water partition coefficient (Wildman–Crippen LogP) is 1.46. The fraction of sp³-hybridized carbons (Fsp3) is 0.294. The molecule has 0 unspecified atom stereocenters. The molecule has 3 aromatic heterocycles. The molecule has 3 heterocycles. The molecule has 0 aromatic carbocycles. The van der Waals surface area contributed by atoms with Crippen molar-refractivity contribution in [2.24, 2.45) is 0 Å². The van der Waals surface area contributed by atoms with Gasteiger partial charge in [0, 0.05) is 24.6 Å². The van der Waals surface area contributed by atoms with Crippen LogP contribution in [0.25, 0.3) is 5.65 Å². The highest BCUT2D eigenvalue weighted by Gasteiger charge is 2.17. The van der Waals surface area contributed by atoms with Crippen LogP contribution in [0, 0.1) is 13.8 Å². The Hall–Kier alpha value is -2.96. The van der Waals surface area contributed by atoms with E-state index in [0.717, 1.165) is 11.4 Å². The fourth-order valence-corrected chi connectivity index (χ4v) is 2.88. The summed E-state index contributed by atoms with van der Waals surface area (Å²) in [6, 6.07) is 1.86. The Kier molecular flexibility index (Phi) is 4.16. The summed E-state index contributed by atoms with van der Waals surface area (Å²) >= 11 is 0. The van der Waals surface area contributed by atoms with Crippen LogP contribution in [0.3, 0.4) is 0 Å². The summed E-state index contributed by atoms with van der Waals surface area (Å²) in [6.45, 7) is 6.35. The number of aromatic nitrogens is 4. The lowest BCUT2D eigenvalue weighted by molar-refractivity contribution is 0.0947. The first-order valence-electron chi connectivity index (χ1n) is 7.78. The molecule has 7 nitrogen and oxygen atoms in total. The van der Waals surface area contributed by atoms with Crippen molar-refractivity contribution in [3.8, 4) is 0 Å². The van der Waals surface area contributed by atoms with E-state index in [0.29, 0.717) is 17.8 Å². The molecule has 0 fully saturated rings. The summed E-state index contributed by atoms with van der Waals surface area (Å²) in [7, 11) is 0. The lowest BCUT2D eigenvalue weighted by Crippen LogP contribution is -2.34. The number of hydrogen-bond donors (Lipinski definition) is 1. The Morgan fingerprint density at radius 2 is 2.08 bits per heavy atom. The van der Waals surface area contributed by atoms with Gasteiger partial charge in [0.2, 0.25) is 0 Å². The quantitative estimate of drug-likeness (QED) is 0.787. The van der Waals surface area contributed by atoms with Crippen LogP contribution in [0.5, 0.6) is 0 Å². The molecule has 0 spiro atoms. The van der Waals surface area contributed by atoms with Gasteiger partial charge in [-0.05, 0) is 32.4 Å². The van der Waals surface area contributed by atoms with Crippen LogP contribution in [-0.2, 0) is 13.1 Å². The Labute approximate surface area is 139 Å². The van der Waals surface area contributed by atoms with Crippen molar-refractivity contribution in [1.29, 1.82) is 0 Å². The number of nitrogens with one attached hydrogen (secondary N) is 1. The number of aryl methyl sites for hydroxylation is 2. The predicted molar refractivity (Wildman–Crippen MR) is 90.0 cm³/mol. The largest absolute Gasteiger partial charge is 0.346 e.